The molecule has 2 aliphatic rings. The molecule has 1 atom stereocenters. The summed E-state index contributed by atoms with van der Waals surface area (Å²) in [5, 5.41) is 0. The Morgan fingerprint density at radius 2 is 0.981 bits per heavy atom. The number of fused-ring (bicyclic) bond motifs is 3. The molecule has 274 valence electrons. The second-order valence-corrected chi connectivity index (χ2v) is 24.5. The molecular weight excluding hydrogens is 751 g/mol. The third-order valence-corrected chi connectivity index (χ3v) is 19.8. The maximum Gasteiger partial charge on any atom is -1.00 e. The molecule has 0 aromatic heterocycles. The van der Waals surface area contributed by atoms with Crippen molar-refractivity contribution in [3.8, 4) is 11.1 Å². The second kappa shape index (κ2) is 15.4. The fraction of sp³-hybridized carbons (Fsp3) is 0.408. The monoisotopic (exact) mass is 808 g/mol. The Morgan fingerprint density at radius 1 is 0.577 bits per heavy atom. The molecule has 4 aromatic carbocycles. The van der Waals surface area contributed by atoms with Gasteiger partial charge in [-0.25, -0.2) is 0 Å². The number of benzene rings is 4. The van der Waals surface area contributed by atoms with Crippen LogP contribution in [0.4, 0.5) is 0 Å². The first kappa shape index (κ1) is 42.4. The molecule has 0 N–H and O–H groups in total. The Labute approximate surface area is 336 Å². The van der Waals surface area contributed by atoms with Crippen LogP contribution in [0, 0.1) is 39.0 Å². The van der Waals surface area contributed by atoms with Gasteiger partial charge in [-0.2, -0.15) is 0 Å². The first-order valence-electron chi connectivity index (χ1n) is 18.9. The van der Waals surface area contributed by atoms with E-state index in [0.29, 0.717) is 9.54 Å². The van der Waals surface area contributed by atoms with Gasteiger partial charge in [0.25, 0.3) is 0 Å². The molecule has 6 rings (SSSR count). The molecular formula is C49H60Cl2Zr. The van der Waals surface area contributed by atoms with Crippen LogP contribution in [0.1, 0.15) is 135 Å². The zero-order valence-electron chi connectivity index (χ0n) is 34.2. The van der Waals surface area contributed by atoms with E-state index in [4.69, 9.17) is 0 Å². The van der Waals surface area contributed by atoms with Crippen molar-refractivity contribution in [2.45, 2.75) is 118 Å². The van der Waals surface area contributed by atoms with E-state index in [1.165, 1.54) is 61.2 Å². The van der Waals surface area contributed by atoms with Crippen LogP contribution >= 0.6 is 0 Å². The summed E-state index contributed by atoms with van der Waals surface area (Å²) in [6.07, 6.45) is 6.49. The standard InChI is InChI=1S/C23H29.C15H14.C11H17.2ClH.Zr/c1-14-9-16-11-17-10-15(2)21(23(6,7)8)13-19(17)18(16)12-20(14)22(3,4)5;1-12-3-7-14(8-4-12)11-15-9-5-13(2)6-10-15;1-5-9-6-7-10(8-9)11(2,3)4;;;/h9-13H,1-8H3;3-10H,1-2H3;7-9H,5H2,1-4H3;2*1H;/q;;;;;+2/p-2. The summed E-state index contributed by atoms with van der Waals surface area (Å²) in [6.45, 7) is 33.0. The molecule has 3 heteroatoms. The third kappa shape index (κ3) is 8.04. The Kier molecular flexibility index (Phi) is 12.6. The first-order chi connectivity index (χ1) is 23.3. The Bertz CT molecular complexity index is 1930. The van der Waals surface area contributed by atoms with E-state index < -0.39 is 21.3 Å². The molecule has 52 heavy (non-hydrogen) atoms. The minimum atomic E-state index is -2.94. The van der Waals surface area contributed by atoms with E-state index in [1.54, 1.807) is 17.6 Å². The molecule has 0 bridgehead atoms. The van der Waals surface area contributed by atoms with Crippen LogP contribution in [0.25, 0.3) is 11.1 Å². The number of hydrogen-bond acceptors (Lipinski definition) is 0. The number of aryl methyl sites for hydroxylation is 4. The Hall–Kier alpha value is -2.31. The van der Waals surface area contributed by atoms with Crippen LogP contribution in [-0.2, 0) is 32.1 Å². The van der Waals surface area contributed by atoms with Crippen LogP contribution in [0.5, 0.6) is 0 Å². The van der Waals surface area contributed by atoms with Gasteiger partial charge >= 0.3 is 314 Å². The largest absolute Gasteiger partial charge is 1.00 e. The first-order valence-corrected chi connectivity index (χ1v) is 22.8. The summed E-state index contributed by atoms with van der Waals surface area (Å²) in [6, 6.07) is 29.5. The van der Waals surface area contributed by atoms with Gasteiger partial charge in [0.05, 0.1) is 0 Å². The molecule has 0 saturated carbocycles. The molecule has 0 aliphatic heterocycles. The van der Waals surface area contributed by atoms with Gasteiger partial charge in [0, 0.05) is 0 Å². The van der Waals surface area contributed by atoms with E-state index in [2.05, 4.69) is 182 Å². The Morgan fingerprint density at radius 3 is 1.33 bits per heavy atom. The average Bonchev–Trinajstić information content (AvgIpc) is 3.58. The summed E-state index contributed by atoms with van der Waals surface area (Å²) >= 11 is -2.94. The summed E-state index contributed by atoms with van der Waals surface area (Å²) in [5.74, 6) is 0.474. The third-order valence-electron chi connectivity index (χ3n) is 11.3. The van der Waals surface area contributed by atoms with Crippen LogP contribution < -0.4 is 24.8 Å². The average molecular weight is 811 g/mol. The second-order valence-electron chi connectivity index (χ2n) is 18.4. The molecule has 4 aromatic rings. The van der Waals surface area contributed by atoms with E-state index >= 15 is 0 Å². The van der Waals surface area contributed by atoms with Crippen LogP contribution in [-0.4, -0.2) is 3.21 Å². The fourth-order valence-corrected chi connectivity index (χ4v) is 18.3. The Balaban J connectivity index is 0.00000302. The minimum absolute atomic E-state index is 0. The van der Waals surface area contributed by atoms with E-state index in [9.17, 15) is 0 Å². The summed E-state index contributed by atoms with van der Waals surface area (Å²) < 4.78 is 3.78. The van der Waals surface area contributed by atoms with Crippen molar-refractivity contribution < 1.29 is 46.1 Å². The van der Waals surface area contributed by atoms with Gasteiger partial charge in [-0.05, 0) is 0 Å². The van der Waals surface area contributed by atoms with Crippen molar-refractivity contribution in [2.75, 3.05) is 0 Å². The number of allylic oxidation sites excluding steroid dienone is 4. The SMILES string of the molecule is CCC1C=C(C(C)(C)C)C=[C]1[Zr+2](=[C](c1ccc(C)cc1)c1ccc(C)cc1)[CH]1c2cc(C)c(C(C)(C)C)cc2-c2cc(C(C)(C)C)c(C)cc21.[Cl-].[Cl-]. The zero-order valence-corrected chi connectivity index (χ0v) is 38.2. The molecule has 1 unspecified atom stereocenters. The number of hydrogen-bond donors (Lipinski definition) is 0. The molecule has 0 heterocycles. The van der Waals surface area contributed by atoms with Gasteiger partial charge in [-0.1, -0.05) is 0 Å². The van der Waals surface area contributed by atoms with Crippen LogP contribution in [0.2, 0.25) is 0 Å². The molecule has 0 spiro atoms. The number of rotatable bonds is 5. The van der Waals surface area contributed by atoms with Gasteiger partial charge in [-0.3, -0.25) is 0 Å². The molecule has 0 amide bonds. The van der Waals surface area contributed by atoms with Gasteiger partial charge < -0.3 is 24.8 Å². The van der Waals surface area contributed by atoms with Gasteiger partial charge in [-0.15, -0.1) is 0 Å². The van der Waals surface area contributed by atoms with Crippen molar-refractivity contribution in [1.82, 2.24) is 0 Å². The fourth-order valence-electron chi connectivity index (χ4n) is 8.58. The molecule has 0 fully saturated rings. The molecule has 0 saturated heterocycles. The van der Waals surface area contributed by atoms with Gasteiger partial charge in [0.2, 0.25) is 0 Å². The van der Waals surface area contributed by atoms with Crippen molar-refractivity contribution in [2.24, 2.45) is 11.3 Å². The normalized spacial score (nSPS) is 15.4. The van der Waals surface area contributed by atoms with E-state index in [-0.39, 0.29) is 41.1 Å². The summed E-state index contributed by atoms with van der Waals surface area (Å²) in [4.78, 5) is 0. The smallest absolute Gasteiger partial charge is 1.00 e. The van der Waals surface area contributed by atoms with Crippen molar-refractivity contribution in [1.29, 1.82) is 0 Å². The maximum absolute atomic E-state index is 2.94. The van der Waals surface area contributed by atoms with Crippen molar-refractivity contribution >= 4 is 3.21 Å². The van der Waals surface area contributed by atoms with Crippen LogP contribution in [0.15, 0.2) is 93.8 Å². The maximum atomic E-state index is 2.70. The van der Waals surface area contributed by atoms with Crippen LogP contribution in [0.3, 0.4) is 0 Å². The summed E-state index contributed by atoms with van der Waals surface area (Å²) in [7, 11) is 0. The molecule has 0 radical (unpaired) electrons. The van der Waals surface area contributed by atoms with Crippen molar-refractivity contribution in [3.63, 3.8) is 0 Å². The van der Waals surface area contributed by atoms with Crippen molar-refractivity contribution in [3.05, 3.63) is 149 Å². The molecule has 2 aliphatic carbocycles. The topological polar surface area (TPSA) is 0 Å². The predicted octanol–water partition coefficient (Wildman–Crippen LogP) is 7.38. The summed E-state index contributed by atoms with van der Waals surface area (Å²) in [5.41, 5.74) is 19.1. The number of halogens is 2. The van der Waals surface area contributed by atoms with Gasteiger partial charge in [0.1, 0.15) is 0 Å². The minimum Gasteiger partial charge on any atom is -1.00 e. The quantitative estimate of drug-likeness (QED) is 0.198. The molecule has 0 nitrogen and oxygen atoms in total. The van der Waals surface area contributed by atoms with E-state index in [1.807, 2.05) is 0 Å². The van der Waals surface area contributed by atoms with Gasteiger partial charge in [0.15, 0.2) is 0 Å². The zero-order chi connectivity index (χ0) is 36.5. The van der Waals surface area contributed by atoms with E-state index in [0.717, 1.165) is 6.42 Å². The predicted molar refractivity (Wildman–Crippen MR) is 216 cm³/mol.